The van der Waals surface area contributed by atoms with E-state index in [0.717, 1.165) is 12.5 Å². The summed E-state index contributed by atoms with van der Waals surface area (Å²) in [6, 6.07) is 0.597. The Morgan fingerprint density at radius 1 is 1.24 bits per heavy atom. The van der Waals surface area contributed by atoms with E-state index in [1.54, 1.807) is 0 Å². The lowest BCUT2D eigenvalue weighted by molar-refractivity contribution is 0.146. The Morgan fingerprint density at radius 3 is 2.41 bits per heavy atom. The molecule has 0 aromatic carbocycles. The summed E-state index contributed by atoms with van der Waals surface area (Å²) in [6.07, 6.45) is 3.80. The minimum atomic E-state index is 0.446. The molecule has 0 saturated carbocycles. The van der Waals surface area contributed by atoms with Crippen LogP contribution in [0.3, 0.4) is 0 Å². The maximum Gasteiger partial charge on any atom is 0.0246 e. The first-order valence-electron chi connectivity index (χ1n) is 7.12. The molecule has 1 unspecified atom stereocenters. The zero-order valence-electron chi connectivity index (χ0n) is 12.0. The molecule has 0 amide bonds. The summed E-state index contributed by atoms with van der Waals surface area (Å²) in [5.74, 6) is 2.02. The summed E-state index contributed by atoms with van der Waals surface area (Å²) in [5.41, 5.74) is 6.03. The van der Waals surface area contributed by atoms with Gasteiger partial charge in [-0.05, 0) is 18.9 Å². The third-order valence-corrected chi connectivity index (χ3v) is 5.55. The molecule has 1 rings (SSSR count). The fourth-order valence-electron chi connectivity index (χ4n) is 2.84. The van der Waals surface area contributed by atoms with Gasteiger partial charge in [-0.3, -0.25) is 4.90 Å². The molecule has 102 valence electrons. The Morgan fingerprint density at radius 2 is 1.88 bits per heavy atom. The zero-order valence-corrected chi connectivity index (χ0v) is 12.9. The quantitative estimate of drug-likeness (QED) is 0.822. The van der Waals surface area contributed by atoms with E-state index >= 15 is 0 Å². The monoisotopic (exact) mass is 258 g/mol. The molecule has 1 aliphatic rings. The van der Waals surface area contributed by atoms with Gasteiger partial charge in [0.25, 0.3) is 0 Å². The van der Waals surface area contributed by atoms with E-state index in [4.69, 9.17) is 5.73 Å². The Balaban J connectivity index is 2.63. The van der Waals surface area contributed by atoms with Gasteiger partial charge in [0.05, 0.1) is 0 Å². The maximum absolute atomic E-state index is 6.03. The molecule has 1 atom stereocenters. The minimum Gasteiger partial charge on any atom is -0.329 e. The molecule has 2 N–H and O–H groups in total. The first kappa shape index (κ1) is 15.3. The van der Waals surface area contributed by atoms with Gasteiger partial charge in [0.2, 0.25) is 0 Å². The van der Waals surface area contributed by atoms with Crippen LogP contribution in [-0.4, -0.2) is 41.1 Å². The van der Waals surface area contributed by atoms with Crippen molar-refractivity contribution in [1.82, 2.24) is 4.90 Å². The third-order valence-electron chi connectivity index (χ3n) is 4.18. The van der Waals surface area contributed by atoms with Crippen LogP contribution >= 0.6 is 11.8 Å². The van der Waals surface area contributed by atoms with Gasteiger partial charge in [-0.1, -0.05) is 40.5 Å². The van der Waals surface area contributed by atoms with Crippen molar-refractivity contribution in [3.8, 4) is 0 Å². The smallest absolute Gasteiger partial charge is 0.0246 e. The average molecular weight is 258 g/mol. The minimum absolute atomic E-state index is 0.446. The molecule has 2 nitrogen and oxygen atoms in total. The van der Waals surface area contributed by atoms with E-state index in [0.29, 0.717) is 10.8 Å². The van der Waals surface area contributed by atoms with Crippen LogP contribution in [0, 0.1) is 5.92 Å². The lowest BCUT2D eigenvalue weighted by atomic mass is 9.92. The van der Waals surface area contributed by atoms with Gasteiger partial charge in [-0.15, -0.1) is 0 Å². The molecule has 0 aliphatic carbocycles. The van der Waals surface area contributed by atoms with Crippen molar-refractivity contribution in [2.75, 3.05) is 25.4 Å². The number of nitrogens with zero attached hydrogens (tertiary/aromatic N) is 1. The van der Waals surface area contributed by atoms with Crippen molar-refractivity contribution in [1.29, 1.82) is 0 Å². The van der Waals surface area contributed by atoms with E-state index in [2.05, 4.69) is 44.4 Å². The van der Waals surface area contributed by atoms with Crippen LogP contribution in [0.2, 0.25) is 0 Å². The molecule has 0 radical (unpaired) electrons. The normalized spacial score (nSPS) is 23.6. The van der Waals surface area contributed by atoms with Crippen molar-refractivity contribution >= 4 is 11.8 Å². The van der Waals surface area contributed by atoms with Gasteiger partial charge in [0.15, 0.2) is 0 Å². The van der Waals surface area contributed by atoms with Crippen LogP contribution in [0.25, 0.3) is 0 Å². The fraction of sp³-hybridized carbons (Fsp3) is 1.00. The second kappa shape index (κ2) is 7.01. The summed E-state index contributed by atoms with van der Waals surface area (Å²) >= 11 is 2.12. The topological polar surface area (TPSA) is 29.3 Å². The molecule has 1 aliphatic heterocycles. The van der Waals surface area contributed by atoms with Crippen molar-refractivity contribution in [3.05, 3.63) is 0 Å². The standard InChI is InChI=1S/C14H30N2S/c1-5-12(6-2)13(11-15)16-8-7-14(3,4)17-10-9-16/h12-13H,5-11,15H2,1-4H3. The van der Waals surface area contributed by atoms with E-state index in [-0.39, 0.29) is 0 Å². The molecule has 1 heterocycles. The van der Waals surface area contributed by atoms with Gasteiger partial charge in [0, 0.05) is 29.6 Å². The van der Waals surface area contributed by atoms with Crippen LogP contribution in [0.1, 0.15) is 47.0 Å². The maximum atomic E-state index is 6.03. The fourth-order valence-corrected chi connectivity index (χ4v) is 3.95. The van der Waals surface area contributed by atoms with Crippen molar-refractivity contribution in [3.63, 3.8) is 0 Å². The lowest BCUT2D eigenvalue weighted by Crippen LogP contribution is -2.46. The highest BCUT2D eigenvalue weighted by Crippen LogP contribution is 2.32. The molecular weight excluding hydrogens is 228 g/mol. The number of nitrogens with two attached hydrogens (primary N) is 1. The average Bonchev–Trinajstić information content (AvgIpc) is 2.47. The lowest BCUT2D eigenvalue weighted by Gasteiger charge is -2.35. The first-order valence-corrected chi connectivity index (χ1v) is 8.10. The van der Waals surface area contributed by atoms with Gasteiger partial charge >= 0.3 is 0 Å². The van der Waals surface area contributed by atoms with Crippen molar-refractivity contribution in [2.24, 2.45) is 11.7 Å². The molecule has 3 heteroatoms. The number of hydrogen-bond donors (Lipinski definition) is 1. The Kier molecular flexibility index (Phi) is 6.32. The second-order valence-electron chi connectivity index (χ2n) is 5.77. The van der Waals surface area contributed by atoms with Crippen LogP contribution in [0.15, 0.2) is 0 Å². The zero-order chi connectivity index (χ0) is 12.9. The third kappa shape index (κ3) is 4.46. The number of rotatable bonds is 5. The van der Waals surface area contributed by atoms with Gasteiger partial charge in [-0.25, -0.2) is 0 Å². The Labute approximate surface area is 112 Å². The first-order chi connectivity index (χ1) is 8.04. The Hall–Kier alpha value is 0.270. The molecule has 17 heavy (non-hydrogen) atoms. The summed E-state index contributed by atoms with van der Waals surface area (Å²) in [5, 5.41) is 0. The van der Waals surface area contributed by atoms with Crippen molar-refractivity contribution < 1.29 is 0 Å². The Bertz CT molecular complexity index is 214. The van der Waals surface area contributed by atoms with Crippen LogP contribution in [0.4, 0.5) is 0 Å². The molecule has 1 saturated heterocycles. The molecule has 0 bridgehead atoms. The molecule has 0 aromatic heterocycles. The number of thioether (sulfide) groups is 1. The van der Waals surface area contributed by atoms with Gasteiger partial charge in [0.1, 0.15) is 0 Å². The molecule has 0 spiro atoms. The van der Waals surface area contributed by atoms with E-state index in [1.165, 1.54) is 38.1 Å². The highest BCUT2D eigenvalue weighted by Gasteiger charge is 2.29. The highest BCUT2D eigenvalue weighted by atomic mass is 32.2. The van der Waals surface area contributed by atoms with Crippen LogP contribution in [0.5, 0.6) is 0 Å². The summed E-state index contributed by atoms with van der Waals surface area (Å²) < 4.78 is 0.446. The van der Waals surface area contributed by atoms with E-state index in [1.807, 2.05) is 0 Å². The predicted octanol–water partition coefficient (Wildman–Crippen LogP) is 2.97. The van der Waals surface area contributed by atoms with E-state index < -0.39 is 0 Å². The van der Waals surface area contributed by atoms with Gasteiger partial charge in [-0.2, -0.15) is 11.8 Å². The summed E-state index contributed by atoms with van der Waals surface area (Å²) in [4.78, 5) is 2.65. The largest absolute Gasteiger partial charge is 0.329 e. The highest BCUT2D eigenvalue weighted by molar-refractivity contribution is 8.00. The van der Waals surface area contributed by atoms with E-state index in [9.17, 15) is 0 Å². The molecule has 1 fully saturated rings. The SMILES string of the molecule is CCC(CC)C(CN)N1CCSC(C)(C)CC1. The summed E-state index contributed by atoms with van der Waals surface area (Å²) in [7, 11) is 0. The van der Waals surface area contributed by atoms with Gasteiger partial charge < -0.3 is 5.73 Å². The van der Waals surface area contributed by atoms with Crippen molar-refractivity contribution in [2.45, 2.75) is 57.7 Å². The second-order valence-corrected chi connectivity index (χ2v) is 7.58. The molecule has 0 aromatic rings. The van der Waals surface area contributed by atoms with Crippen LogP contribution in [-0.2, 0) is 0 Å². The number of hydrogen-bond acceptors (Lipinski definition) is 3. The molecular formula is C14H30N2S. The summed E-state index contributed by atoms with van der Waals surface area (Å²) in [6.45, 7) is 12.6. The van der Waals surface area contributed by atoms with Crippen LogP contribution < -0.4 is 5.73 Å². The predicted molar refractivity (Wildman–Crippen MR) is 79.6 cm³/mol.